The van der Waals surface area contributed by atoms with E-state index in [9.17, 15) is 5.11 Å². The Bertz CT molecular complexity index is 1810. The number of para-hydroxylation sites is 2. The van der Waals surface area contributed by atoms with Crippen molar-refractivity contribution in [1.29, 1.82) is 0 Å². The molecule has 3 aromatic rings. The van der Waals surface area contributed by atoms with Crippen molar-refractivity contribution in [3.63, 3.8) is 0 Å². The Hall–Kier alpha value is -3.38. The van der Waals surface area contributed by atoms with Gasteiger partial charge in [-0.1, -0.05) is 54.1 Å². The van der Waals surface area contributed by atoms with Crippen molar-refractivity contribution in [2.45, 2.75) is 62.8 Å². The van der Waals surface area contributed by atoms with E-state index >= 15 is 0 Å². The first-order valence-electron chi connectivity index (χ1n) is 16.6. The van der Waals surface area contributed by atoms with Crippen molar-refractivity contribution in [2.75, 3.05) is 24.5 Å². The van der Waals surface area contributed by atoms with E-state index in [-0.39, 0.29) is 17.3 Å². The molecule has 3 N–H and O–H groups in total. The molecule has 1 aromatic heterocycles. The number of hydrogen-bond donors (Lipinski definition) is 3. The molecule has 2 bridgehead atoms. The number of fused-ring (bicyclic) bond motifs is 9. The van der Waals surface area contributed by atoms with Crippen LogP contribution in [0.5, 0.6) is 0 Å². The van der Waals surface area contributed by atoms with Gasteiger partial charge in [0.05, 0.1) is 24.0 Å². The van der Waals surface area contributed by atoms with Gasteiger partial charge in [0.1, 0.15) is 12.6 Å². The van der Waals surface area contributed by atoms with Crippen molar-refractivity contribution in [2.24, 2.45) is 17.8 Å². The number of allylic oxidation sites excluding steroid dienone is 2. The van der Waals surface area contributed by atoms with E-state index in [0.29, 0.717) is 24.0 Å². The highest BCUT2D eigenvalue weighted by Crippen LogP contribution is 2.65. The summed E-state index contributed by atoms with van der Waals surface area (Å²) in [7, 11) is 0. The normalized spacial score (nSPS) is 40.4. The predicted octanol–water partition coefficient (Wildman–Crippen LogP) is 5.10. The van der Waals surface area contributed by atoms with Crippen LogP contribution in [0, 0.1) is 17.8 Å². The molecule has 1 spiro atoms. The molecular weight excluding hydrogens is 528 g/mol. The molecule has 10 rings (SSSR count). The third kappa shape index (κ3) is 2.99. The van der Waals surface area contributed by atoms with E-state index in [4.69, 9.17) is 0 Å². The Morgan fingerprint density at radius 1 is 1.02 bits per heavy atom. The van der Waals surface area contributed by atoms with Crippen LogP contribution in [0.2, 0.25) is 0 Å². The predicted molar refractivity (Wildman–Crippen MR) is 172 cm³/mol. The summed E-state index contributed by atoms with van der Waals surface area (Å²) in [5, 5.41) is 14.1. The Morgan fingerprint density at radius 2 is 1.86 bits per heavy atom. The van der Waals surface area contributed by atoms with Crippen LogP contribution in [0.4, 0.5) is 5.69 Å². The fourth-order valence-electron chi connectivity index (χ4n) is 11.3. The highest BCUT2D eigenvalue weighted by Gasteiger charge is 2.69. The summed E-state index contributed by atoms with van der Waals surface area (Å²) in [6.07, 6.45) is 14.9. The average molecular weight is 570 g/mol. The van der Waals surface area contributed by atoms with E-state index in [1.54, 1.807) is 5.57 Å². The zero-order chi connectivity index (χ0) is 28.6. The summed E-state index contributed by atoms with van der Waals surface area (Å²) in [6.45, 7) is 7.66. The number of piperidine rings is 2. The van der Waals surface area contributed by atoms with Crippen LogP contribution in [0.15, 0.2) is 89.8 Å². The fourth-order valence-corrected chi connectivity index (χ4v) is 11.3. The molecule has 4 fully saturated rings. The third-order valence-electron chi connectivity index (χ3n) is 13.0. The molecule has 6 aliphatic heterocycles. The van der Waals surface area contributed by atoms with Gasteiger partial charge in [0, 0.05) is 70.7 Å². The van der Waals surface area contributed by atoms with Gasteiger partial charge < -0.3 is 15.0 Å². The number of quaternary nitrogens is 1. The number of benzene rings is 2. The van der Waals surface area contributed by atoms with Gasteiger partial charge in [-0.15, -0.1) is 0 Å². The molecule has 218 valence electrons. The zero-order valence-electron chi connectivity index (χ0n) is 25.1. The molecule has 7 heterocycles. The van der Waals surface area contributed by atoms with E-state index in [1.807, 2.05) is 0 Å². The second-order valence-electron chi connectivity index (χ2n) is 14.3. The second-order valence-corrected chi connectivity index (χ2v) is 14.3. The molecule has 0 amide bonds. The molecule has 5 nitrogen and oxygen atoms in total. The number of aliphatic hydroxyl groups is 1. The Morgan fingerprint density at radius 3 is 2.74 bits per heavy atom. The van der Waals surface area contributed by atoms with Crippen molar-refractivity contribution in [3.8, 4) is 0 Å². The average Bonchev–Trinajstić information content (AvgIpc) is 3.72. The van der Waals surface area contributed by atoms with Crippen molar-refractivity contribution < 1.29 is 10.0 Å². The van der Waals surface area contributed by atoms with Crippen molar-refractivity contribution in [1.82, 2.24) is 9.88 Å². The first kappa shape index (κ1) is 25.0. The zero-order valence-corrected chi connectivity index (χ0v) is 25.1. The molecule has 1 saturated carbocycles. The number of hydrogen-bond acceptors (Lipinski definition) is 3. The van der Waals surface area contributed by atoms with Crippen LogP contribution in [0.25, 0.3) is 17.0 Å². The maximum Gasteiger partial charge on any atom is 0.134 e. The summed E-state index contributed by atoms with van der Waals surface area (Å²) in [6, 6.07) is 19.2. The molecule has 2 aromatic carbocycles. The van der Waals surface area contributed by atoms with Crippen LogP contribution in [-0.2, 0) is 5.41 Å². The maximum absolute atomic E-state index is 12.7. The summed E-state index contributed by atoms with van der Waals surface area (Å²) in [5.74, 6) is 0.892. The number of aromatic amines is 1. The van der Waals surface area contributed by atoms with Gasteiger partial charge in [-0.2, -0.15) is 0 Å². The highest BCUT2D eigenvalue weighted by molar-refractivity contribution is 5.91. The molecule has 7 aliphatic rings. The van der Waals surface area contributed by atoms with Crippen molar-refractivity contribution in [3.05, 3.63) is 107 Å². The summed E-state index contributed by atoms with van der Waals surface area (Å²) >= 11 is 0. The van der Waals surface area contributed by atoms with Gasteiger partial charge in [-0.05, 0) is 68.0 Å². The largest absolute Gasteiger partial charge is 0.388 e. The fraction of sp³-hybridized carbons (Fsp3) is 0.421. The minimum absolute atomic E-state index is 0.115. The summed E-state index contributed by atoms with van der Waals surface area (Å²) in [4.78, 5) is 10.8. The number of anilines is 1. The summed E-state index contributed by atoms with van der Waals surface area (Å²) in [5.41, 5.74) is 11.3. The molecule has 9 atom stereocenters. The third-order valence-corrected chi connectivity index (χ3v) is 13.0. The van der Waals surface area contributed by atoms with Crippen LogP contribution in [0.3, 0.4) is 0 Å². The van der Waals surface area contributed by atoms with Crippen LogP contribution in [0.1, 0.15) is 56.0 Å². The van der Waals surface area contributed by atoms with Crippen molar-refractivity contribution >= 4 is 22.7 Å². The Labute approximate surface area is 253 Å². The van der Waals surface area contributed by atoms with Gasteiger partial charge in [0.15, 0.2) is 0 Å². The standard InChI is InChI=1S/C38H40N4O/c1-3-22-19-40-15-13-25-24-9-5-7-11-30(24)39-35(25)32(40)17-26(22)28-21-42-31-12-8-6-10-29(31)38-14-16-41-20-23(4-2)27(18-33(38)41)34(36(28)43)37(38)42/h3-13,15,21,26-27,32-34,36-37,39,43H,14,16-20H2,1-2H3/p+1. The molecular formula is C38H41N4O+. The van der Waals surface area contributed by atoms with Crippen LogP contribution >= 0.6 is 0 Å². The number of rotatable bonds is 1. The lowest BCUT2D eigenvalue weighted by Crippen LogP contribution is -3.09. The minimum Gasteiger partial charge on any atom is -0.388 e. The quantitative estimate of drug-likeness (QED) is 0.358. The van der Waals surface area contributed by atoms with Gasteiger partial charge in [0.2, 0.25) is 0 Å². The molecule has 0 radical (unpaired) electrons. The van der Waals surface area contributed by atoms with Gasteiger partial charge in [-0.25, -0.2) is 0 Å². The van der Waals surface area contributed by atoms with E-state index < -0.39 is 6.10 Å². The first-order chi connectivity index (χ1) is 21.1. The van der Waals surface area contributed by atoms with E-state index in [2.05, 4.69) is 108 Å². The lowest BCUT2D eigenvalue weighted by molar-refractivity contribution is -0.882. The van der Waals surface area contributed by atoms with Gasteiger partial charge >= 0.3 is 0 Å². The van der Waals surface area contributed by atoms with E-state index in [1.165, 1.54) is 68.8 Å². The Kier molecular flexibility index (Phi) is 5.01. The number of H-pyrrole nitrogens is 1. The molecule has 5 heteroatoms. The smallest absolute Gasteiger partial charge is 0.134 e. The molecule has 43 heavy (non-hydrogen) atoms. The lowest BCUT2D eigenvalue weighted by atomic mass is 9.53. The van der Waals surface area contributed by atoms with Gasteiger partial charge in [0.25, 0.3) is 0 Å². The number of nitrogens with zero attached hydrogens (tertiary/aromatic N) is 2. The summed E-state index contributed by atoms with van der Waals surface area (Å²) < 4.78 is 0. The van der Waals surface area contributed by atoms with E-state index in [0.717, 1.165) is 19.5 Å². The molecule has 1 aliphatic carbocycles. The molecule has 9 unspecified atom stereocenters. The highest BCUT2D eigenvalue weighted by atomic mass is 16.3. The first-order valence-corrected chi connectivity index (χ1v) is 16.6. The van der Waals surface area contributed by atoms with Crippen LogP contribution in [-0.4, -0.2) is 52.8 Å². The Balaban J connectivity index is 1.13. The number of aromatic nitrogens is 1. The SMILES string of the molecule is CC=C1C[NH+]2C=Cc3c([nH]c4ccccc34)C2CC1C1=CN2c3ccccc3C34CCN5CC(=CC)C(CC53)C(C1O)C24. The van der Waals surface area contributed by atoms with Gasteiger partial charge in [-0.3, -0.25) is 9.80 Å². The molecule has 3 saturated heterocycles. The topological polar surface area (TPSA) is 46.9 Å². The monoisotopic (exact) mass is 569 g/mol. The van der Waals surface area contributed by atoms with Crippen LogP contribution < -0.4 is 9.80 Å². The number of aliphatic hydroxyl groups excluding tert-OH is 1. The minimum atomic E-state index is -0.427. The number of nitrogens with one attached hydrogen (secondary N) is 2. The second kappa shape index (κ2) is 8.62. The lowest BCUT2D eigenvalue weighted by Gasteiger charge is -2.59. The maximum atomic E-state index is 12.7.